The molecule has 0 aliphatic rings. The molecule has 2 aromatic carbocycles. The molecule has 2 aromatic rings. The molecular weight excluding hydrogens is 328 g/mol. The van der Waals surface area contributed by atoms with E-state index in [9.17, 15) is 4.79 Å². The topological polar surface area (TPSA) is 59.6 Å². The standard InChI is InChI=1S/C21H28N2O3/c1-4-16-7-6-8-17(5-2)21(16)23-15-20(24)22-13-14-26-19-11-9-18(25-3)10-12-19/h6-12,23H,4-5,13-15H2,1-3H3,(H,22,24). The van der Waals surface area contributed by atoms with Gasteiger partial charge in [0, 0.05) is 5.69 Å². The number of benzene rings is 2. The van der Waals surface area contributed by atoms with Crippen molar-refractivity contribution in [2.45, 2.75) is 26.7 Å². The number of para-hydroxylation sites is 1. The predicted molar refractivity (Wildman–Crippen MR) is 105 cm³/mol. The van der Waals surface area contributed by atoms with Gasteiger partial charge in [-0.1, -0.05) is 32.0 Å². The monoisotopic (exact) mass is 356 g/mol. The maximum atomic E-state index is 12.1. The molecular formula is C21H28N2O3. The van der Waals surface area contributed by atoms with Crippen molar-refractivity contribution in [3.05, 3.63) is 53.6 Å². The molecule has 0 spiro atoms. The van der Waals surface area contributed by atoms with Gasteiger partial charge in [-0.25, -0.2) is 0 Å². The van der Waals surface area contributed by atoms with Crippen LogP contribution in [0.1, 0.15) is 25.0 Å². The Morgan fingerprint density at radius 3 is 2.15 bits per heavy atom. The van der Waals surface area contributed by atoms with Gasteiger partial charge in [-0.05, 0) is 48.2 Å². The molecule has 1 amide bonds. The zero-order valence-electron chi connectivity index (χ0n) is 15.8. The number of amides is 1. The number of carbonyl (C=O) groups excluding carboxylic acids is 1. The van der Waals surface area contributed by atoms with Gasteiger partial charge in [0.15, 0.2) is 0 Å². The van der Waals surface area contributed by atoms with Crippen molar-refractivity contribution in [1.29, 1.82) is 0 Å². The number of anilines is 1. The minimum Gasteiger partial charge on any atom is -0.497 e. The maximum absolute atomic E-state index is 12.1. The highest BCUT2D eigenvalue weighted by atomic mass is 16.5. The fourth-order valence-corrected chi connectivity index (χ4v) is 2.73. The van der Waals surface area contributed by atoms with Crippen molar-refractivity contribution in [3.63, 3.8) is 0 Å². The third-order valence-corrected chi connectivity index (χ3v) is 4.18. The molecule has 0 saturated heterocycles. The summed E-state index contributed by atoms with van der Waals surface area (Å²) in [5.41, 5.74) is 3.56. The second-order valence-electron chi connectivity index (χ2n) is 5.89. The number of ether oxygens (including phenoxy) is 2. The molecule has 140 valence electrons. The molecule has 5 heteroatoms. The molecule has 0 bridgehead atoms. The molecule has 26 heavy (non-hydrogen) atoms. The molecule has 0 heterocycles. The number of carbonyl (C=O) groups is 1. The Morgan fingerprint density at radius 1 is 0.962 bits per heavy atom. The summed E-state index contributed by atoms with van der Waals surface area (Å²) in [4.78, 5) is 12.1. The molecule has 0 aliphatic heterocycles. The summed E-state index contributed by atoms with van der Waals surface area (Å²) in [6.07, 6.45) is 1.88. The minimum absolute atomic E-state index is 0.0451. The number of hydrogen-bond acceptors (Lipinski definition) is 4. The van der Waals surface area contributed by atoms with Crippen LogP contribution in [0.3, 0.4) is 0 Å². The van der Waals surface area contributed by atoms with E-state index in [1.807, 2.05) is 24.3 Å². The SMILES string of the molecule is CCc1cccc(CC)c1NCC(=O)NCCOc1ccc(OC)cc1. The molecule has 2 N–H and O–H groups in total. The zero-order valence-corrected chi connectivity index (χ0v) is 15.8. The lowest BCUT2D eigenvalue weighted by atomic mass is 10.0. The van der Waals surface area contributed by atoms with Crippen LogP contribution in [0, 0.1) is 0 Å². The second-order valence-corrected chi connectivity index (χ2v) is 5.89. The van der Waals surface area contributed by atoms with Gasteiger partial charge < -0.3 is 20.1 Å². The van der Waals surface area contributed by atoms with E-state index in [1.54, 1.807) is 7.11 Å². The average molecular weight is 356 g/mol. The number of hydrogen-bond donors (Lipinski definition) is 2. The van der Waals surface area contributed by atoms with Crippen molar-refractivity contribution < 1.29 is 14.3 Å². The molecule has 0 saturated carbocycles. The Morgan fingerprint density at radius 2 is 1.58 bits per heavy atom. The van der Waals surface area contributed by atoms with Crippen LogP contribution in [-0.2, 0) is 17.6 Å². The predicted octanol–water partition coefficient (Wildman–Crippen LogP) is 3.43. The number of methoxy groups -OCH3 is 1. The van der Waals surface area contributed by atoms with Crippen molar-refractivity contribution >= 4 is 11.6 Å². The molecule has 0 aromatic heterocycles. The number of aryl methyl sites for hydroxylation is 2. The van der Waals surface area contributed by atoms with E-state index in [4.69, 9.17) is 9.47 Å². The van der Waals surface area contributed by atoms with Gasteiger partial charge in [0.05, 0.1) is 20.2 Å². The first kappa shape index (κ1) is 19.6. The van der Waals surface area contributed by atoms with Crippen LogP contribution < -0.4 is 20.1 Å². The van der Waals surface area contributed by atoms with Crippen LogP contribution in [0.5, 0.6) is 11.5 Å². The Kier molecular flexibility index (Phi) is 7.80. The van der Waals surface area contributed by atoms with Crippen molar-refractivity contribution in [3.8, 4) is 11.5 Å². The van der Waals surface area contributed by atoms with E-state index < -0.39 is 0 Å². The van der Waals surface area contributed by atoms with Crippen molar-refractivity contribution in [2.24, 2.45) is 0 Å². The first-order valence-electron chi connectivity index (χ1n) is 9.06. The van der Waals surface area contributed by atoms with E-state index in [1.165, 1.54) is 11.1 Å². The lowest BCUT2D eigenvalue weighted by Gasteiger charge is -2.15. The largest absolute Gasteiger partial charge is 0.497 e. The highest BCUT2D eigenvalue weighted by molar-refractivity contribution is 5.81. The van der Waals surface area contributed by atoms with Crippen molar-refractivity contribution in [2.75, 3.05) is 32.1 Å². The normalized spacial score (nSPS) is 10.3. The Balaban J connectivity index is 1.74. The fourth-order valence-electron chi connectivity index (χ4n) is 2.73. The third kappa shape index (κ3) is 5.69. The molecule has 5 nitrogen and oxygen atoms in total. The van der Waals surface area contributed by atoms with E-state index in [0.29, 0.717) is 13.2 Å². The lowest BCUT2D eigenvalue weighted by molar-refractivity contribution is -0.119. The summed E-state index contributed by atoms with van der Waals surface area (Å²) >= 11 is 0. The highest BCUT2D eigenvalue weighted by Gasteiger charge is 2.08. The maximum Gasteiger partial charge on any atom is 0.239 e. The zero-order chi connectivity index (χ0) is 18.8. The van der Waals surface area contributed by atoms with Crippen LogP contribution in [0.4, 0.5) is 5.69 Å². The van der Waals surface area contributed by atoms with Gasteiger partial charge in [0.2, 0.25) is 5.91 Å². The van der Waals surface area contributed by atoms with Gasteiger partial charge in [-0.3, -0.25) is 4.79 Å². The van der Waals surface area contributed by atoms with Gasteiger partial charge in [0.25, 0.3) is 0 Å². The van der Waals surface area contributed by atoms with Gasteiger partial charge in [-0.15, -0.1) is 0 Å². The van der Waals surface area contributed by atoms with E-state index in [0.717, 1.165) is 30.0 Å². The molecule has 0 atom stereocenters. The van der Waals surface area contributed by atoms with Crippen LogP contribution in [0.2, 0.25) is 0 Å². The Labute approximate surface area is 155 Å². The van der Waals surface area contributed by atoms with Crippen LogP contribution in [0.25, 0.3) is 0 Å². The number of rotatable bonds is 10. The first-order chi connectivity index (χ1) is 12.7. The highest BCUT2D eigenvalue weighted by Crippen LogP contribution is 2.22. The summed E-state index contributed by atoms with van der Waals surface area (Å²) in [6.45, 7) is 5.38. The third-order valence-electron chi connectivity index (χ3n) is 4.18. The van der Waals surface area contributed by atoms with Gasteiger partial charge >= 0.3 is 0 Å². The van der Waals surface area contributed by atoms with Crippen LogP contribution in [0.15, 0.2) is 42.5 Å². The average Bonchev–Trinajstić information content (AvgIpc) is 2.69. The summed E-state index contributed by atoms with van der Waals surface area (Å²) in [5.74, 6) is 1.49. The molecule has 0 radical (unpaired) electrons. The van der Waals surface area contributed by atoms with Crippen molar-refractivity contribution in [1.82, 2.24) is 5.32 Å². The van der Waals surface area contributed by atoms with Crippen LogP contribution in [-0.4, -0.2) is 32.7 Å². The van der Waals surface area contributed by atoms with E-state index >= 15 is 0 Å². The summed E-state index contributed by atoms with van der Waals surface area (Å²) in [5, 5.41) is 6.16. The lowest BCUT2D eigenvalue weighted by Crippen LogP contribution is -2.33. The van der Waals surface area contributed by atoms with E-state index in [2.05, 4.69) is 42.7 Å². The Bertz CT molecular complexity index is 677. The number of nitrogens with one attached hydrogen (secondary N) is 2. The second kappa shape index (κ2) is 10.3. The first-order valence-corrected chi connectivity index (χ1v) is 9.06. The van der Waals surface area contributed by atoms with E-state index in [-0.39, 0.29) is 12.5 Å². The molecule has 0 fully saturated rings. The quantitative estimate of drug-likeness (QED) is 0.641. The molecule has 2 rings (SSSR count). The summed E-state index contributed by atoms with van der Waals surface area (Å²) < 4.78 is 10.7. The summed E-state index contributed by atoms with van der Waals surface area (Å²) in [6, 6.07) is 13.6. The smallest absolute Gasteiger partial charge is 0.239 e. The minimum atomic E-state index is -0.0451. The fraction of sp³-hybridized carbons (Fsp3) is 0.381. The summed E-state index contributed by atoms with van der Waals surface area (Å²) in [7, 11) is 1.63. The molecule has 0 unspecified atom stereocenters. The Hall–Kier alpha value is -2.69. The molecule has 0 aliphatic carbocycles. The van der Waals surface area contributed by atoms with Gasteiger partial charge in [0.1, 0.15) is 18.1 Å². The van der Waals surface area contributed by atoms with Crippen LogP contribution >= 0.6 is 0 Å². The van der Waals surface area contributed by atoms with Gasteiger partial charge in [-0.2, -0.15) is 0 Å².